The van der Waals surface area contributed by atoms with E-state index >= 15 is 0 Å². The van der Waals surface area contributed by atoms with Gasteiger partial charge in [0, 0.05) is 25.5 Å². The number of aromatic nitrogens is 2. The quantitative estimate of drug-likeness (QED) is 0.720. The van der Waals surface area contributed by atoms with Gasteiger partial charge in [-0.2, -0.15) is 0 Å². The molecule has 0 radical (unpaired) electrons. The number of benzene rings is 1. The average molecular weight is 316 g/mol. The van der Waals surface area contributed by atoms with Crippen molar-refractivity contribution in [2.45, 2.75) is 13.1 Å². The first-order valence-corrected chi connectivity index (χ1v) is 7.46. The maximum absolute atomic E-state index is 6.00. The van der Waals surface area contributed by atoms with Crippen molar-refractivity contribution in [3.63, 3.8) is 0 Å². The predicted octanol–water partition coefficient (Wildman–Crippen LogP) is 3.63. The number of hydrogen-bond donors (Lipinski definition) is 0. The lowest BCUT2D eigenvalue weighted by atomic mass is 10.2. The molecule has 5 heteroatoms. The number of methoxy groups -OCH3 is 1. The number of pyridine rings is 1. The zero-order valence-electron chi connectivity index (χ0n) is 12.7. The number of imidazole rings is 1. The minimum Gasteiger partial charge on any atom is -0.497 e. The van der Waals surface area contributed by atoms with Crippen LogP contribution in [0.25, 0.3) is 5.65 Å². The van der Waals surface area contributed by atoms with Crippen LogP contribution in [0.15, 0.2) is 48.8 Å². The summed E-state index contributed by atoms with van der Waals surface area (Å²) in [4.78, 5) is 6.83. The van der Waals surface area contributed by atoms with E-state index in [1.54, 1.807) is 7.11 Å². The molecule has 3 rings (SSSR count). The highest BCUT2D eigenvalue weighted by Gasteiger charge is 2.07. The minimum atomic E-state index is 0.709. The molecule has 22 heavy (non-hydrogen) atoms. The topological polar surface area (TPSA) is 29.8 Å². The molecule has 0 bridgehead atoms. The summed E-state index contributed by atoms with van der Waals surface area (Å²) < 4.78 is 7.21. The summed E-state index contributed by atoms with van der Waals surface area (Å²) in [5.41, 5.74) is 3.15. The molecule has 4 nitrogen and oxygen atoms in total. The molecule has 2 heterocycles. The van der Waals surface area contributed by atoms with E-state index < -0.39 is 0 Å². The van der Waals surface area contributed by atoms with Crippen molar-refractivity contribution < 1.29 is 4.74 Å². The highest BCUT2D eigenvalue weighted by atomic mass is 35.5. The normalized spacial score (nSPS) is 11.3. The van der Waals surface area contributed by atoms with Gasteiger partial charge < -0.3 is 9.14 Å². The largest absolute Gasteiger partial charge is 0.497 e. The van der Waals surface area contributed by atoms with Crippen molar-refractivity contribution in [2.24, 2.45) is 0 Å². The highest BCUT2D eigenvalue weighted by Crippen LogP contribution is 2.16. The van der Waals surface area contributed by atoms with E-state index in [0.29, 0.717) is 5.02 Å². The van der Waals surface area contributed by atoms with Gasteiger partial charge in [-0.05, 0) is 36.9 Å². The average Bonchev–Trinajstić information content (AvgIpc) is 2.88. The second-order valence-corrected chi connectivity index (χ2v) is 5.81. The van der Waals surface area contributed by atoms with Gasteiger partial charge >= 0.3 is 0 Å². The molecular formula is C17H18ClN3O. The number of nitrogens with zero attached hydrogens (tertiary/aromatic N) is 3. The van der Waals surface area contributed by atoms with Crippen molar-refractivity contribution in [2.75, 3.05) is 14.2 Å². The Kier molecular flexibility index (Phi) is 4.32. The SMILES string of the molecule is COc1cccc(CN(C)Cc2cn3cc(Cl)ccc3n2)c1. The molecular weight excluding hydrogens is 298 g/mol. The maximum Gasteiger partial charge on any atom is 0.137 e. The van der Waals surface area contributed by atoms with Gasteiger partial charge in [-0.3, -0.25) is 4.90 Å². The third-order valence-electron chi connectivity index (χ3n) is 3.48. The molecule has 0 saturated carbocycles. The smallest absolute Gasteiger partial charge is 0.137 e. The fraction of sp³-hybridized carbons (Fsp3) is 0.235. The summed E-state index contributed by atoms with van der Waals surface area (Å²) in [6.07, 6.45) is 3.89. The van der Waals surface area contributed by atoms with Crippen LogP contribution in [0.3, 0.4) is 0 Å². The fourth-order valence-electron chi connectivity index (χ4n) is 2.51. The standard InChI is InChI=1S/C17H18ClN3O/c1-20(9-13-4-3-5-16(8-13)22-2)11-15-12-21-10-14(18)6-7-17(21)19-15/h3-8,10,12H,9,11H2,1-2H3. The summed E-state index contributed by atoms with van der Waals surface area (Å²) in [6.45, 7) is 1.61. The van der Waals surface area contributed by atoms with Gasteiger partial charge in [-0.25, -0.2) is 4.98 Å². The molecule has 1 aromatic carbocycles. The first-order chi connectivity index (χ1) is 10.6. The summed E-state index contributed by atoms with van der Waals surface area (Å²) >= 11 is 6.00. The first-order valence-electron chi connectivity index (χ1n) is 7.08. The molecule has 0 unspecified atom stereocenters. The van der Waals surface area contributed by atoms with E-state index in [2.05, 4.69) is 29.1 Å². The van der Waals surface area contributed by atoms with E-state index in [1.165, 1.54) is 5.56 Å². The predicted molar refractivity (Wildman–Crippen MR) is 88.4 cm³/mol. The minimum absolute atomic E-state index is 0.709. The Morgan fingerprint density at radius 3 is 2.86 bits per heavy atom. The molecule has 0 saturated heterocycles. The van der Waals surface area contributed by atoms with E-state index in [0.717, 1.165) is 30.2 Å². The van der Waals surface area contributed by atoms with Crippen LogP contribution in [0.1, 0.15) is 11.3 Å². The first kappa shape index (κ1) is 14.9. The zero-order valence-corrected chi connectivity index (χ0v) is 13.4. The summed E-state index contributed by atoms with van der Waals surface area (Å²) in [6, 6.07) is 11.9. The number of rotatable bonds is 5. The Labute approximate surface area is 134 Å². The molecule has 0 atom stereocenters. The second kappa shape index (κ2) is 6.38. The van der Waals surface area contributed by atoms with Crippen molar-refractivity contribution in [3.05, 3.63) is 65.1 Å². The van der Waals surface area contributed by atoms with Gasteiger partial charge in [-0.1, -0.05) is 23.7 Å². The van der Waals surface area contributed by atoms with Crippen molar-refractivity contribution in [1.82, 2.24) is 14.3 Å². The summed E-state index contributed by atoms with van der Waals surface area (Å²) in [5, 5.41) is 0.709. The van der Waals surface area contributed by atoms with Crippen LogP contribution in [-0.2, 0) is 13.1 Å². The molecule has 0 amide bonds. The van der Waals surface area contributed by atoms with Gasteiger partial charge in [0.1, 0.15) is 11.4 Å². The van der Waals surface area contributed by atoms with Gasteiger partial charge in [0.25, 0.3) is 0 Å². The van der Waals surface area contributed by atoms with Crippen LogP contribution in [-0.4, -0.2) is 28.4 Å². The Hall–Kier alpha value is -2.04. The van der Waals surface area contributed by atoms with Crippen molar-refractivity contribution in [3.8, 4) is 5.75 Å². The van der Waals surface area contributed by atoms with Crippen LogP contribution in [0, 0.1) is 0 Å². The summed E-state index contributed by atoms with van der Waals surface area (Å²) in [7, 11) is 3.76. The molecule has 3 aromatic rings. The molecule has 0 aliphatic heterocycles. The lowest BCUT2D eigenvalue weighted by Gasteiger charge is -2.15. The lowest BCUT2D eigenvalue weighted by molar-refractivity contribution is 0.315. The lowest BCUT2D eigenvalue weighted by Crippen LogP contribution is -2.17. The number of ether oxygens (including phenoxy) is 1. The van der Waals surface area contributed by atoms with Crippen LogP contribution < -0.4 is 4.74 Å². The van der Waals surface area contributed by atoms with E-state index in [9.17, 15) is 0 Å². The third-order valence-corrected chi connectivity index (χ3v) is 3.71. The molecule has 0 fully saturated rings. The summed E-state index contributed by atoms with van der Waals surface area (Å²) in [5.74, 6) is 0.883. The molecule has 0 spiro atoms. The molecule has 0 aliphatic rings. The number of hydrogen-bond acceptors (Lipinski definition) is 3. The van der Waals surface area contributed by atoms with Crippen molar-refractivity contribution in [1.29, 1.82) is 0 Å². The van der Waals surface area contributed by atoms with Gasteiger partial charge in [0.05, 0.1) is 17.8 Å². The Morgan fingerprint density at radius 1 is 1.18 bits per heavy atom. The maximum atomic E-state index is 6.00. The van der Waals surface area contributed by atoms with E-state index in [4.69, 9.17) is 16.3 Å². The second-order valence-electron chi connectivity index (χ2n) is 5.37. The number of halogens is 1. The van der Waals surface area contributed by atoms with Crippen LogP contribution in [0.2, 0.25) is 5.02 Å². The molecule has 0 aliphatic carbocycles. The van der Waals surface area contributed by atoms with Crippen LogP contribution in [0.5, 0.6) is 5.75 Å². The Morgan fingerprint density at radius 2 is 2.05 bits per heavy atom. The van der Waals surface area contributed by atoms with Crippen LogP contribution in [0.4, 0.5) is 0 Å². The van der Waals surface area contributed by atoms with E-state index in [1.807, 2.05) is 41.1 Å². The van der Waals surface area contributed by atoms with Gasteiger partial charge in [0.15, 0.2) is 0 Å². The Bertz CT molecular complexity index is 784. The third kappa shape index (κ3) is 3.40. The zero-order chi connectivity index (χ0) is 15.5. The highest BCUT2D eigenvalue weighted by molar-refractivity contribution is 6.30. The van der Waals surface area contributed by atoms with E-state index in [-0.39, 0.29) is 0 Å². The van der Waals surface area contributed by atoms with Gasteiger partial charge in [0.2, 0.25) is 0 Å². The number of fused-ring (bicyclic) bond motifs is 1. The Balaban J connectivity index is 1.70. The monoisotopic (exact) mass is 315 g/mol. The van der Waals surface area contributed by atoms with Gasteiger partial charge in [-0.15, -0.1) is 0 Å². The van der Waals surface area contributed by atoms with Crippen molar-refractivity contribution >= 4 is 17.2 Å². The molecule has 0 N–H and O–H groups in total. The molecule has 114 valence electrons. The van der Waals surface area contributed by atoms with Crippen LogP contribution >= 0.6 is 11.6 Å². The molecule has 2 aromatic heterocycles. The fourth-order valence-corrected chi connectivity index (χ4v) is 2.68.